The van der Waals surface area contributed by atoms with E-state index in [9.17, 15) is 4.79 Å². The summed E-state index contributed by atoms with van der Waals surface area (Å²) in [6.45, 7) is 1.84. The lowest BCUT2D eigenvalue weighted by Gasteiger charge is -1.88. The maximum absolute atomic E-state index is 10.3. The molecule has 2 N–H and O–H groups in total. The van der Waals surface area contributed by atoms with E-state index in [1.807, 2.05) is 6.92 Å². The Bertz CT molecular complexity index is 301. The number of allylic oxidation sites excluding steroid dienone is 1. The van der Waals surface area contributed by atoms with Crippen LogP contribution in [0.3, 0.4) is 0 Å². The van der Waals surface area contributed by atoms with Crippen molar-refractivity contribution >= 4 is 28.2 Å². The Morgan fingerprint density at radius 3 is 2.91 bits per heavy atom. The first-order valence-electron chi connectivity index (χ1n) is 3.11. The molecule has 11 heavy (non-hydrogen) atoms. The predicted molar refractivity (Wildman–Crippen MR) is 43.7 cm³/mol. The summed E-state index contributed by atoms with van der Waals surface area (Å²) in [5.41, 5.74) is 5.80. The molecule has 0 saturated carbocycles. The highest BCUT2D eigenvalue weighted by atomic mass is 32.1. The van der Waals surface area contributed by atoms with Crippen molar-refractivity contribution in [1.29, 1.82) is 0 Å². The highest BCUT2D eigenvalue weighted by Crippen LogP contribution is 2.14. The van der Waals surface area contributed by atoms with Crippen molar-refractivity contribution in [3.8, 4) is 0 Å². The number of hydrogen-bond acceptors (Lipinski definition) is 5. The molecule has 0 bridgehead atoms. The summed E-state index contributed by atoms with van der Waals surface area (Å²) in [4.78, 5) is 14.1. The summed E-state index contributed by atoms with van der Waals surface area (Å²) in [5, 5.41) is 0.376. The van der Waals surface area contributed by atoms with E-state index in [-0.39, 0.29) is 0 Å². The third-order valence-electron chi connectivity index (χ3n) is 1.19. The maximum Gasteiger partial charge on any atom is 0.200 e. The van der Waals surface area contributed by atoms with E-state index in [1.165, 1.54) is 0 Å². The molecular weight excluding hydrogens is 162 g/mol. The number of nitrogens with zero attached hydrogens (tertiary/aromatic N) is 2. The number of aromatic nitrogens is 2. The largest absolute Gasteiger partial charge is 0.374 e. The monoisotopic (exact) mass is 169 g/mol. The van der Waals surface area contributed by atoms with Crippen LogP contribution in [-0.2, 0) is 4.79 Å². The van der Waals surface area contributed by atoms with Gasteiger partial charge in [0.25, 0.3) is 0 Å². The zero-order chi connectivity index (χ0) is 8.27. The molecule has 0 spiro atoms. The van der Waals surface area contributed by atoms with Crippen LogP contribution in [0.4, 0.5) is 5.13 Å². The molecule has 1 rings (SSSR count). The fraction of sp³-hybridized carbons (Fsp3) is 0.333. The lowest BCUT2D eigenvalue weighted by molar-refractivity contribution is 0.569. The molecule has 0 aliphatic rings. The van der Waals surface area contributed by atoms with Crippen LogP contribution < -0.4 is 5.73 Å². The van der Waals surface area contributed by atoms with Gasteiger partial charge in [-0.05, 0) is 6.42 Å². The molecule has 0 radical (unpaired) electrons. The minimum absolute atomic E-state index is 0.376. The number of hydrogen-bond donors (Lipinski definition) is 1. The minimum Gasteiger partial charge on any atom is -0.374 e. The van der Waals surface area contributed by atoms with Crippen molar-refractivity contribution in [2.45, 2.75) is 13.3 Å². The van der Waals surface area contributed by atoms with E-state index >= 15 is 0 Å². The van der Waals surface area contributed by atoms with E-state index in [1.54, 1.807) is 5.94 Å². The Kier molecular flexibility index (Phi) is 2.36. The Labute approximate surface area is 67.9 Å². The number of anilines is 1. The first kappa shape index (κ1) is 7.91. The van der Waals surface area contributed by atoms with Gasteiger partial charge in [-0.3, -0.25) is 0 Å². The van der Waals surface area contributed by atoms with E-state index in [4.69, 9.17) is 5.73 Å². The van der Waals surface area contributed by atoms with E-state index in [2.05, 4.69) is 9.36 Å². The van der Waals surface area contributed by atoms with Crippen molar-refractivity contribution in [2.75, 3.05) is 5.73 Å². The van der Waals surface area contributed by atoms with Crippen LogP contribution in [0.1, 0.15) is 19.2 Å². The smallest absolute Gasteiger partial charge is 0.200 e. The highest BCUT2D eigenvalue weighted by molar-refractivity contribution is 7.09. The summed E-state index contributed by atoms with van der Waals surface area (Å²) in [7, 11) is 0. The fourth-order valence-electron chi connectivity index (χ4n) is 0.634. The third kappa shape index (κ3) is 1.63. The molecule has 1 aromatic rings. The SMILES string of the molecule is CCC(=C=O)c1nsc(N)n1. The van der Waals surface area contributed by atoms with Crippen molar-refractivity contribution < 1.29 is 4.79 Å². The molecule has 0 saturated heterocycles. The molecule has 5 heteroatoms. The van der Waals surface area contributed by atoms with Gasteiger partial charge in [-0.1, -0.05) is 6.92 Å². The molecule has 0 amide bonds. The van der Waals surface area contributed by atoms with Crippen LogP contribution >= 0.6 is 11.5 Å². The quantitative estimate of drug-likeness (QED) is 0.663. The maximum atomic E-state index is 10.3. The predicted octanol–water partition coefficient (Wildman–Crippen LogP) is 0.745. The van der Waals surface area contributed by atoms with Gasteiger partial charge in [-0.15, -0.1) is 0 Å². The average molecular weight is 169 g/mol. The molecule has 0 atom stereocenters. The van der Waals surface area contributed by atoms with E-state index in [0.717, 1.165) is 11.5 Å². The Morgan fingerprint density at radius 1 is 1.82 bits per heavy atom. The van der Waals surface area contributed by atoms with Crippen molar-refractivity contribution in [3.63, 3.8) is 0 Å². The minimum atomic E-state index is 0.376. The normalized spacial score (nSPS) is 9.18. The number of nitrogens with two attached hydrogens (primary N) is 1. The average Bonchev–Trinajstić information content (AvgIpc) is 2.39. The van der Waals surface area contributed by atoms with Gasteiger partial charge in [0.1, 0.15) is 5.94 Å². The second-order valence-corrected chi connectivity index (χ2v) is 2.67. The van der Waals surface area contributed by atoms with Gasteiger partial charge in [0.2, 0.25) is 0 Å². The molecule has 0 aliphatic carbocycles. The van der Waals surface area contributed by atoms with Crippen LogP contribution in [0.25, 0.3) is 5.57 Å². The molecule has 58 valence electrons. The van der Waals surface area contributed by atoms with Crippen molar-refractivity contribution in [1.82, 2.24) is 9.36 Å². The molecule has 0 unspecified atom stereocenters. The molecular formula is C6H7N3OS. The number of carbonyl (C=O) groups excluding carboxylic acids is 1. The highest BCUT2D eigenvalue weighted by Gasteiger charge is 2.05. The molecule has 1 heterocycles. The molecule has 4 nitrogen and oxygen atoms in total. The van der Waals surface area contributed by atoms with Crippen LogP contribution in [0.15, 0.2) is 0 Å². The van der Waals surface area contributed by atoms with Gasteiger partial charge in [0.15, 0.2) is 11.0 Å². The lowest BCUT2D eigenvalue weighted by Crippen LogP contribution is -1.88. The zero-order valence-electron chi connectivity index (χ0n) is 6.00. The van der Waals surface area contributed by atoms with Crippen LogP contribution in [-0.4, -0.2) is 15.3 Å². The standard InChI is InChI=1S/C6H7N3OS/c1-2-4(3-10)5-8-6(7)11-9-5/h2H2,1H3,(H2,7,8,9). The van der Waals surface area contributed by atoms with E-state index in [0.29, 0.717) is 22.9 Å². The summed E-state index contributed by atoms with van der Waals surface area (Å²) in [5.74, 6) is 2.18. The Balaban J connectivity index is 3.01. The van der Waals surface area contributed by atoms with Gasteiger partial charge >= 0.3 is 0 Å². The topological polar surface area (TPSA) is 68.9 Å². The Hall–Kier alpha value is -1.19. The molecule has 0 aromatic carbocycles. The van der Waals surface area contributed by atoms with Crippen LogP contribution in [0.5, 0.6) is 0 Å². The van der Waals surface area contributed by atoms with Gasteiger partial charge in [-0.25, -0.2) is 4.79 Å². The summed E-state index contributed by atoms with van der Waals surface area (Å²) in [6.07, 6.45) is 0.583. The zero-order valence-corrected chi connectivity index (χ0v) is 6.81. The number of nitrogen functional groups attached to an aromatic ring is 1. The van der Waals surface area contributed by atoms with E-state index < -0.39 is 0 Å². The second kappa shape index (κ2) is 3.27. The first-order chi connectivity index (χ1) is 5.27. The van der Waals surface area contributed by atoms with Gasteiger partial charge in [0, 0.05) is 11.5 Å². The second-order valence-electron chi connectivity index (χ2n) is 1.89. The van der Waals surface area contributed by atoms with Gasteiger partial charge in [0.05, 0.1) is 5.57 Å². The third-order valence-corrected chi connectivity index (χ3v) is 1.73. The van der Waals surface area contributed by atoms with Crippen LogP contribution in [0, 0.1) is 0 Å². The summed E-state index contributed by atoms with van der Waals surface area (Å²) in [6, 6.07) is 0. The molecule has 1 aromatic heterocycles. The Morgan fingerprint density at radius 2 is 2.55 bits per heavy atom. The molecule has 0 aliphatic heterocycles. The van der Waals surface area contributed by atoms with Gasteiger partial charge < -0.3 is 5.73 Å². The summed E-state index contributed by atoms with van der Waals surface area (Å²) >= 11 is 1.08. The first-order valence-corrected chi connectivity index (χ1v) is 3.88. The lowest BCUT2D eigenvalue weighted by atomic mass is 10.2. The summed E-state index contributed by atoms with van der Waals surface area (Å²) < 4.78 is 3.86. The van der Waals surface area contributed by atoms with Crippen molar-refractivity contribution in [3.05, 3.63) is 5.82 Å². The van der Waals surface area contributed by atoms with Gasteiger partial charge in [-0.2, -0.15) is 9.36 Å². The number of rotatable bonds is 2. The fourth-order valence-corrected chi connectivity index (χ4v) is 1.09. The van der Waals surface area contributed by atoms with Crippen LogP contribution in [0.2, 0.25) is 0 Å². The molecule has 0 fully saturated rings. The van der Waals surface area contributed by atoms with Crippen molar-refractivity contribution in [2.24, 2.45) is 0 Å².